The van der Waals surface area contributed by atoms with Crippen molar-refractivity contribution in [3.8, 4) is 11.5 Å². The standard InChI is InChI=1S/C24H31N3O3/c1-17(2)20-6-4-19(5-7-20)15-26-10-12-27(13-11-26)18(3)24(28)25-21-8-9-22-23(14-21)30-16-29-22/h4-9,14,17-18H,10-13,15-16H2,1-3H3,(H,25,28)/t18-/m1/s1. The van der Waals surface area contributed by atoms with Crippen molar-refractivity contribution in [1.29, 1.82) is 0 Å². The monoisotopic (exact) mass is 409 g/mol. The summed E-state index contributed by atoms with van der Waals surface area (Å²) in [5.74, 6) is 1.96. The van der Waals surface area contributed by atoms with Crippen molar-refractivity contribution in [2.75, 3.05) is 38.3 Å². The highest BCUT2D eigenvalue weighted by atomic mass is 16.7. The average molecular weight is 410 g/mol. The van der Waals surface area contributed by atoms with Crippen molar-refractivity contribution in [3.05, 3.63) is 53.6 Å². The molecule has 1 N–H and O–H groups in total. The molecular weight excluding hydrogens is 378 g/mol. The maximum atomic E-state index is 12.7. The van der Waals surface area contributed by atoms with Gasteiger partial charge in [0.2, 0.25) is 12.7 Å². The Morgan fingerprint density at radius 1 is 0.967 bits per heavy atom. The van der Waals surface area contributed by atoms with Crippen LogP contribution in [0, 0.1) is 0 Å². The van der Waals surface area contributed by atoms with Crippen LogP contribution in [0.4, 0.5) is 5.69 Å². The lowest BCUT2D eigenvalue weighted by molar-refractivity contribution is -0.121. The summed E-state index contributed by atoms with van der Waals surface area (Å²) in [5, 5.41) is 3.00. The van der Waals surface area contributed by atoms with Gasteiger partial charge in [-0.25, -0.2) is 0 Å². The molecule has 0 spiro atoms. The van der Waals surface area contributed by atoms with Crippen LogP contribution in [0.25, 0.3) is 0 Å². The number of benzene rings is 2. The summed E-state index contributed by atoms with van der Waals surface area (Å²) in [6.45, 7) is 11.3. The van der Waals surface area contributed by atoms with Gasteiger partial charge in [0, 0.05) is 44.5 Å². The quantitative estimate of drug-likeness (QED) is 0.789. The highest BCUT2D eigenvalue weighted by Gasteiger charge is 2.26. The molecule has 2 aliphatic rings. The van der Waals surface area contributed by atoms with E-state index in [1.54, 1.807) is 0 Å². The number of hydrogen-bond acceptors (Lipinski definition) is 5. The van der Waals surface area contributed by atoms with Gasteiger partial charge in [-0.3, -0.25) is 14.6 Å². The van der Waals surface area contributed by atoms with E-state index in [9.17, 15) is 4.79 Å². The number of nitrogens with zero attached hydrogens (tertiary/aromatic N) is 2. The number of carbonyl (C=O) groups excluding carboxylic acids is 1. The van der Waals surface area contributed by atoms with E-state index in [0.29, 0.717) is 11.7 Å². The Labute approximate surface area is 178 Å². The van der Waals surface area contributed by atoms with E-state index in [-0.39, 0.29) is 18.7 Å². The van der Waals surface area contributed by atoms with Crippen LogP contribution in [0.2, 0.25) is 0 Å². The molecule has 4 rings (SSSR count). The van der Waals surface area contributed by atoms with E-state index in [4.69, 9.17) is 9.47 Å². The van der Waals surface area contributed by atoms with Gasteiger partial charge in [0.1, 0.15) is 0 Å². The predicted octanol–water partition coefficient (Wildman–Crippen LogP) is 3.68. The van der Waals surface area contributed by atoms with Gasteiger partial charge >= 0.3 is 0 Å². The van der Waals surface area contributed by atoms with Gasteiger partial charge < -0.3 is 14.8 Å². The second-order valence-corrected chi connectivity index (χ2v) is 8.44. The van der Waals surface area contributed by atoms with Crippen LogP contribution >= 0.6 is 0 Å². The fourth-order valence-electron chi connectivity index (χ4n) is 3.96. The van der Waals surface area contributed by atoms with E-state index in [2.05, 4.69) is 53.2 Å². The zero-order valence-corrected chi connectivity index (χ0v) is 18.1. The molecule has 0 saturated carbocycles. The summed E-state index contributed by atoms with van der Waals surface area (Å²) in [6, 6.07) is 14.3. The van der Waals surface area contributed by atoms with Crippen LogP contribution in [-0.2, 0) is 11.3 Å². The Balaban J connectivity index is 1.26. The molecule has 30 heavy (non-hydrogen) atoms. The summed E-state index contributed by atoms with van der Waals surface area (Å²) < 4.78 is 10.7. The van der Waals surface area contributed by atoms with E-state index < -0.39 is 0 Å². The van der Waals surface area contributed by atoms with Crippen LogP contribution in [-0.4, -0.2) is 54.7 Å². The van der Waals surface area contributed by atoms with E-state index >= 15 is 0 Å². The van der Waals surface area contributed by atoms with Crippen molar-refractivity contribution in [2.24, 2.45) is 0 Å². The average Bonchev–Trinajstić information content (AvgIpc) is 3.22. The number of rotatable bonds is 6. The number of ether oxygens (including phenoxy) is 2. The fourth-order valence-corrected chi connectivity index (χ4v) is 3.96. The Morgan fingerprint density at radius 3 is 2.37 bits per heavy atom. The predicted molar refractivity (Wildman–Crippen MR) is 118 cm³/mol. The van der Waals surface area contributed by atoms with E-state index in [1.165, 1.54) is 11.1 Å². The molecule has 2 aromatic rings. The molecule has 2 heterocycles. The first-order valence-corrected chi connectivity index (χ1v) is 10.8. The first kappa shape index (κ1) is 20.7. The van der Waals surface area contributed by atoms with E-state index in [0.717, 1.165) is 44.2 Å². The molecule has 1 fully saturated rings. The molecule has 0 aliphatic carbocycles. The van der Waals surface area contributed by atoms with Crippen LogP contribution < -0.4 is 14.8 Å². The number of anilines is 1. The van der Waals surface area contributed by atoms with Gasteiger partial charge in [-0.15, -0.1) is 0 Å². The minimum absolute atomic E-state index is 0.00610. The molecule has 1 atom stereocenters. The molecule has 6 nitrogen and oxygen atoms in total. The van der Waals surface area contributed by atoms with Crippen molar-refractivity contribution in [2.45, 2.75) is 39.3 Å². The SMILES string of the molecule is CC(C)c1ccc(CN2CCN([C@H](C)C(=O)Nc3ccc4c(c3)OCO4)CC2)cc1. The number of hydrogen-bond donors (Lipinski definition) is 1. The summed E-state index contributed by atoms with van der Waals surface area (Å²) in [7, 11) is 0. The molecule has 0 bridgehead atoms. The van der Waals surface area contributed by atoms with Gasteiger partial charge in [-0.1, -0.05) is 38.1 Å². The molecule has 2 aliphatic heterocycles. The van der Waals surface area contributed by atoms with Crippen molar-refractivity contribution >= 4 is 11.6 Å². The maximum Gasteiger partial charge on any atom is 0.241 e. The second kappa shape index (κ2) is 9.06. The summed E-state index contributed by atoms with van der Waals surface area (Å²) in [6.07, 6.45) is 0. The first-order chi connectivity index (χ1) is 14.5. The van der Waals surface area contributed by atoms with Gasteiger partial charge in [-0.05, 0) is 36.1 Å². The Kier molecular flexibility index (Phi) is 6.25. The molecule has 1 saturated heterocycles. The number of amides is 1. The largest absolute Gasteiger partial charge is 0.454 e. The van der Waals surface area contributed by atoms with Gasteiger partial charge in [-0.2, -0.15) is 0 Å². The molecule has 6 heteroatoms. The summed E-state index contributed by atoms with van der Waals surface area (Å²) in [5.41, 5.74) is 3.46. The fraction of sp³-hybridized carbons (Fsp3) is 0.458. The zero-order chi connectivity index (χ0) is 21.1. The Hall–Kier alpha value is -2.57. The first-order valence-electron chi connectivity index (χ1n) is 10.8. The third kappa shape index (κ3) is 4.77. The summed E-state index contributed by atoms with van der Waals surface area (Å²) >= 11 is 0. The number of nitrogens with one attached hydrogen (secondary N) is 1. The molecule has 2 aromatic carbocycles. The van der Waals surface area contributed by atoms with Gasteiger partial charge in [0.25, 0.3) is 0 Å². The Bertz CT molecular complexity index is 874. The third-order valence-corrected chi connectivity index (χ3v) is 6.03. The molecule has 160 valence electrons. The molecule has 1 amide bonds. The zero-order valence-electron chi connectivity index (χ0n) is 18.1. The lowest BCUT2D eigenvalue weighted by Crippen LogP contribution is -2.52. The maximum absolute atomic E-state index is 12.7. The lowest BCUT2D eigenvalue weighted by atomic mass is 10.0. The lowest BCUT2D eigenvalue weighted by Gasteiger charge is -2.37. The van der Waals surface area contributed by atoms with Crippen molar-refractivity contribution in [3.63, 3.8) is 0 Å². The molecule has 0 aromatic heterocycles. The van der Waals surface area contributed by atoms with Crippen LogP contribution in [0.3, 0.4) is 0 Å². The topological polar surface area (TPSA) is 54.0 Å². The van der Waals surface area contributed by atoms with Gasteiger partial charge in [0.05, 0.1) is 6.04 Å². The van der Waals surface area contributed by atoms with Crippen molar-refractivity contribution < 1.29 is 14.3 Å². The number of piperazine rings is 1. The third-order valence-electron chi connectivity index (χ3n) is 6.03. The normalized spacial score (nSPS) is 17.9. The Morgan fingerprint density at radius 2 is 1.67 bits per heavy atom. The molecule has 0 radical (unpaired) electrons. The van der Waals surface area contributed by atoms with Crippen LogP contribution in [0.15, 0.2) is 42.5 Å². The molecule has 0 unspecified atom stereocenters. The number of carbonyl (C=O) groups is 1. The summed E-state index contributed by atoms with van der Waals surface area (Å²) in [4.78, 5) is 17.4. The minimum Gasteiger partial charge on any atom is -0.454 e. The highest BCUT2D eigenvalue weighted by molar-refractivity contribution is 5.94. The smallest absolute Gasteiger partial charge is 0.241 e. The van der Waals surface area contributed by atoms with Crippen LogP contribution in [0.1, 0.15) is 37.8 Å². The minimum atomic E-state index is -0.178. The van der Waals surface area contributed by atoms with E-state index in [1.807, 2.05) is 25.1 Å². The number of fused-ring (bicyclic) bond motifs is 1. The molecular formula is C24H31N3O3. The van der Waals surface area contributed by atoms with Crippen LogP contribution in [0.5, 0.6) is 11.5 Å². The second-order valence-electron chi connectivity index (χ2n) is 8.44. The van der Waals surface area contributed by atoms with Gasteiger partial charge in [0.15, 0.2) is 11.5 Å². The van der Waals surface area contributed by atoms with Crippen molar-refractivity contribution in [1.82, 2.24) is 9.80 Å². The highest BCUT2D eigenvalue weighted by Crippen LogP contribution is 2.34.